The predicted octanol–water partition coefficient (Wildman–Crippen LogP) is 4.06. The van der Waals surface area contributed by atoms with Crippen molar-refractivity contribution in [3.63, 3.8) is 0 Å². The van der Waals surface area contributed by atoms with Crippen molar-refractivity contribution in [2.45, 2.75) is 56.6 Å². The van der Waals surface area contributed by atoms with Crippen LogP contribution in [0.4, 0.5) is 0 Å². The van der Waals surface area contributed by atoms with Crippen molar-refractivity contribution in [2.75, 3.05) is 6.61 Å². The first-order valence-electron chi connectivity index (χ1n) is 7.33. The fourth-order valence-electron chi connectivity index (χ4n) is 3.66. The van der Waals surface area contributed by atoms with E-state index < -0.39 is 0 Å². The highest BCUT2D eigenvalue weighted by Crippen LogP contribution is 2.43. The van der Waals surface area contributed by atoms with Gasteiger partial charge in [-0.05, 0) is 55.3 Å². The Morgan fingerprint density at radius 3 is 2.74 bits per heavy atom. The highest BCUT2D eigenvalue weighted by atomic mass is 35.5. The number of halogens is 1. The van der Waals surface area contributed by atoms with E-state index in [-0.39, 0.29) is 11.6 Å². The average molecular weight is 284 g/mol. The summed E-state index contributed by atoms with van der Waals surface area (Å²) < 4.78 is 11.6. The van der Waals surface area contributed by atoms with Crippen molar-refractivity contribution in [3.8, 4) is 0 Å². The minimum Gasteiger partial charge on any atom is -0.448 e. The van der Waals surface area contributed by atoms with E-state index in [1.807, 2.05) is 6.07 Å². The van der Waals surface area contributed by atoms with Gasteiger partial charge in [-0.2, -0.15) is 0 Å². The molecule has 1 saturated carbocycles. The number of ether oxygens (including phenoxy) is 1. The highest BCUT2D eigenvalue weighted by molar-refractivity contribution is 6.28. The molecule has 106 valence electrons. The molecule has 2 atom stereocenters. The fourth-order valence-corrected chi connectivity index (χ4v) is 3.81. The molecule has 1 aromatic rings. The Morgan fingerprint density at radius 1 is 1.26 bits per heavy atom. The van der Waals surface area contributed by atoms with Crippen LogP contribution in [0, 0.1) is 5.92 Å². The number of hydrogen-bond donors (Lipinski definition) is 1. The van der Waals surface area contributed by atoms with E-state index in [4.69, 9.17) is 26.5 Å². The molecule has 1 aliphatic heterocycles. The van der Waals surface area contributed by atoms with E-state index in [2.05, 4.69) is 0 Å². The van der Waals surface area contributed by atoms with Gasteiger partial charge in [0.05, 0.1) is 11.6 Å². The third-order valence-electron chi connectivity index (χ3n) is 4.73. The number of nitrogens with two attached hydrogens (primary N) is 1. The van der Waals surface area contributed by atoms with E-state index in [0.717, 1.165) is 25.2 Å². The van der Waals surface area contributed by atoms with E-state index in [0.29, 0.717) is 11.1 Å². The summed E-state index contributed by atoms with van der Waals surface area (Å²) >= 11 is 5.84. The van der Waals surface area contributed by atoms with Crippen LogP contribution in [0.25, 0.3) is 0 Å². The molecule has 0 radical (unpaired) electrons. The molecule has 3 nitrogen and oxygen atoms in total. The fraction of sp³-hybridized carbons (Fsp3) is 0.733. The minimum absolute atomic E-state index is 0.0600. The zero-order chi connectivity index (χ0) is 13.3. The van der Waals surface area contributed by atoms with E-state index >= 15 is 0 Å². The highest BCUT2D eigenvalue weighted by Gasteiger charge is 2.40. The standard InChI is InChI=1S/C15H22ClNO2/c16-13-5-4-12(19-13)14(17)11-6-9-18-15(10-11)7-2-1-3-8-15/h4-5,11,14H,1-3,6-10,17H2. The minimum atomic E-state index is -0.0600. The van der Waals surface area contributed by atoms with Gasteiger partial charge in [-0.15, -0.1) is 0 Å². The molecule has 2 fully saturated rings. The second-order valence-electron chi connectivity index (χ2n) is 6.01. The first-order valence-corrected chi connectivity index (χ1v) is 7.71. The van der Waals surface area contributed by atoms with E-state index in [1.54, 1.807) is 6.07 Å². The summed E-state index contributed by atoms with van der Waals surface area (Å²) in [6, 6.07) is 3.61. The lowest BCUT2D eigenvalue weighted by atomic mass is 9.74. The van der Waals surface area contributed by atoms with Gasteiger partial charge in [0.25, 0.3) is 0 Å². The maximum absolute atomic E-state index is 6.37. The lowest BCUT2D eigenvalue weighted by Crippen LogP contribution is -2.43. The van der Waals surface area contributed by atoms with Crippen molar-refractivity contribution in [1.82, 2.24) is 0 Å². The molecule has 2 N–H and O–H groups in total. The first kappa shape index (κ1) is 13.5. The van der Waals surface area contributed by atoms with Gasteiger partial charge in [-0.1, -0.05) is 19.3 Å². The monoisotopic (exact) mass is 283 g/mol. The van der Waals surface area contributed by atoms with Gasteiger partial charge in [-0.3, -0.25) is 0 Å². The number of rotatable bonds is 2. The topological polar surface area (TPSA) is 48.4 Å². The Kier molecular flexibility index (Phi) is 3.88. The normalized spacial score (nSPS) is 28.4. The molecule has 1 spiro atoms. The Hall–Kier alpha value is -0.510. The largest absolute Gasteiger partial charge is 0.448 e. The van der Waals surface area contributed by atoms with Crippen molar-refractivity contribution in [3.05, 3.63) is 23.1 Å². The van der Waals surface area contributed by atoms with Crippen molar-refractivity contribution in [1.29, 1.82) is 0 Å². The van der Waals surface area contributed by atoms with Crippen LogP contribution in [0.5, 0.6) is 0 Å². The zero-order valence-electron chi connectivity index (χ0n) is 11.2. The zero-order valence-corrected chi connectivity index (χ0v) is 12.0. The summed E-state index contributed by atoms with van der Waals surface area (Å²) in [5.74, 6) is 1.25. The van der Waals surface area contributed by atoms with Crippen LogP contribution in [0.3, 0.4) is 0 Å². The maximum atomic E-state index is 6.37. The molecule has 19 heavy (non-hydrogen) atoms. The average Bonchev–Trinajstić information content (AvgIpc) is 2.85. The molecule has 4 heteroatoms. The Bertz CT molecular complexity index is 420. The summed E-state index contributed by atoms with van der Waals surface area (Å²) in [6.45, 7) is 0.826. The van der Waals surface area contributed by atoms with Gasteiger partial charge in [0, 0.05) is 6.61 Å². The Balaban J connectivity index is 1.70. The van der Waals surface area contributed by atoms with Crippen LogP contribution in [0.1, 0.15) is 56.7 Å². The molecule has 2 aliphatic rings. The van der Waals surface area contributed by atoms with Gasteiger partial charge >= 0.3 is 0 Å². The summed E-state index contributed by atoms with van der Waals surface area (Å²) in [4.78, 5) is 0. The Morgan fingerprint density at radius 2 is 2.05 bits per heavy atom. The summed E-state index contributed by atoms with van der Waals surface area (Å²) in [5.41, 5.74) is 6.46. The molecular weight excluding hydrogens is 262 g/mol. The van der Waals surface area contributed by atoms with Crippen LogP contribution in [-0.4, -0.2) is 12.2 Å². The van der Waals surface area contributed by atoms with E-state index in [9.17, 15) is 0 Å². The first-order chi connectivity index (χ1) is 9.19. The lowest BCUT2D eigenvalue weighted by Gasteiger charge is -2.44. The Labute approximate surface area is 119 Å². The van der Waals surface area contributed by atoms with Gasteiger partial charge < -0.3 is 14.9 Å². The summed E-state index contributed by atoms with van der Waals surface area (Å²) in [7, 11) is 0. The van der Waals surface area contributed by atoms with Crippen LogP contribution >= 0.6 is 11.6 Å². The molecule has 2 heterocycles. The molecule has 1 aromatic heterocycles. The van der Waals surface area contributed by atoms with Crippen molar-refractivity contribution < 1.29 is 9.15 Å². The summed E-state index contributed by atoms with van der Waals surface area (Å²) in [5, 5.41) is 0.421. The smallest absolute Gasteiger partial charge is 0.193 e. The molecule has 2 unspecified atom stereocenters. The third kappa shape index (κ3) is 2.83. The van der Waals surface area contributed by atoms with E-state index in [1.165, 1.54) is 32.1 Å². The molecule has 1 aliphatic carbocycles. The predicted molar refractivity (Wildman–Crippen MR) is 75.1 cm³/mol. The van der Waals surface area contributed by atoms with Crippen molar-refractivity contribution >= 4 is 11.6 Å². The molecule has 0 bridgehead atoms. The number of hydrogen-bond acceptors (Lipinski definition) is 3. The van der Waals surface area contributed by atoms with Gasteiger partial charge in [0.2, 0.25) is 0 Å². The lowest BCUT2D eigenvalue weighted by molar-refractivity contribution is -0.121. The van der Waals surface area contributed by atoms with Crippen LogP contribution in [-0.2, 0) is 4.74 Å². The third-order valence-corrected chi connectivity index (χ3v) is 4.93. The van der Waals surface area contributed by atoms with Crippen LogP contribution < -0.4 is 5.73 Å². The molecule has 0 amide bonds. The second kappa shape index (κ2) is 5.47. The van der Waals surface area contributed by atoms with Gasteiger partial charge in [-0.25, -0.2) is 0 Å². The molecule has 1 saturated heterocycles. The summed E-state index contributed by atoms with van der Waals surface area (Å²) in [6.07, 6.45) is 8.37. The van der Waals surface area contributed by atoms with Crippen LogP contribution in [0.15, 0.2) is 16.5 Å². The SMILES string of the molecule is NC(c1ccc(Cl)o1)C1CCOC2(CCCCC2)C1. The molecule has 3 rings (SSSR count). The maximum Gasteiger partial charge on any atom is 0.193 e. The molecular formula is C15H22ClNO2. The van der Waals surface area contributed by atoms with Gasteiger partial charge in [0.1, 0.15) is 5.76 Å². The van der Waals surface area contributed by atoms with Gasteiger partial charge in [0.15, 0.2) is 5.22 Å². The molecule has 0 aromatic carbocycles. The quantitative estimate of drug-likeness (QED) is 0.890. The number of furan rings is 1. The second-order valence-corrected chi connectivity index (χ2v) is 6.39. The van der Waals surface area contributed by atoms with Crippen molar-refractivity contribution in [2.24, 2.45) is 11.7 Å². The van der Waals surface area contributed by atoms with Crippen LogP contribution in [0.2, 0.25) is 5.22 Å².